The molecular formula is C34H40N6O4S2. The van der Waals surface area contributed by atoms with Crippen molar-refractivity contribution in [1.82, 2.24) is 4.98 Å². The van der Waals surface area contributed by atoms with Crippen LogP contribution in [0.3, 0.4) is 0 Å². The van der Waals surface area contributed by atoms with E-state index in [1.54, 1.807) is 24.3 Å². The Bertz CT molecular complexity index is 1580. The molecule has 0 unspecified atom stereocenters. The first-order valence-electron chi connectivity index (χ1n) is 15.6. The van der Waals surface area contributed by atoms with Crippen LogP contribution in [0.5, 0.6) is 0 Å². The second-order valence-corrected chi connectivity index (χ2v) is 12.4. The Balaban J connectivity index is 1.15. The number of nitrogens with zero attached hydrogens (tertiary/aromatic N) is 6. The first-order valence-corrected chi connectivity index (χ1v) is 17.3. The van der Waals surface area contributed by atoms with Crippen LogP contribution in [0.4, 0.5) is 27.2 Å². The fraction of sp³-hybridized carbons (Fsp3) is 0.382. The zero-order valence-electron chi connectivity index (χ0n) is 26.4. The summed E-state index contributed by atoms with van der Waals surface area (Å²) in [6.45, 7) is 10.4. The van der Waals surface area contributed by atoms with Crippen molar-refractivity contribution in [3.05, 3.63) is 72.8 Å². The molecule has 0 saturated carbocycles. The van der Waals surface area contributed by atoms with Gasteiger partial charge in [0.25, 0.3) is 0 Å². The van der Waals surface area contributed by atoms with Crippen LogP contribution in [-0.2, 0) is 14.3 Å². The normalized spacial score (nSPS) is 11.4. The van der Waals surface area contributed by atoms with Gasteiger partial charge in [-0.3, -0.25) is 0 Å². The molecule has 0 aliphatic carbocycles. The molecule has 12 heteroatoms. The molecule has 0 atom stereocenters. The van der Waals surface area contributed by atoms with Gasteiger partial charge in [-0.25, -0.2) is 14.6 Å². The lowest BCUT2D eigenvalue weighted by atomic mass is 10.1. The maximum Gasteiger partial charge on any atom is 0.338 e. The smallest absolute Gasteiger partial charge is 0.338 e. The number of azo groups is 2. The van der Waals surface area contributed by atoms with Crippen molar-refractivity contribution < 1.29 is 19.1 Å². The molecule has 2 heterocycles. The number of thiazole rings is 1. The maximum absolute atomic E-state index is 12.4. The van der Waals surface area contributed by atoms with Gasteiger partial charge in [0.15, 0.2) is 0 Å². The third-order valence-corrected chi connectivity index (χ3v) is 9.02. The fourth-order valence-electron chi connectivity index (χ4n) is 4.56. The first kappa shape index (κ1) is 34.6. The van der Waals surface area contributed by atoms with Gasteiger partial charge in [-0.15, -0.1) is 20.5 Å². The van der Waals surface area contributed by atoms with Gasteiger partial charge in [-0.1, -0.05) is 61.4 Å². The van der Waals surface area contributed by atoms with Crippen LogP contribution >= 0.6 is 22.7 Å². The Morgan fingerprint density at radius 2 is 1.37 bits per heavy atom. The number of rotatable bonds is 19. The summed E-state index contributed by atoms with van der Waals surface area (Å²) in [6.07, 6.45) is 8.20. The van der Waals surface area contributed by atoms with E-state index in [9.17, 15) is 9.59 Å². The highest BCUT2D eigenvalue weighted by molar-refractivity contribution is 7.30. The van der Waals surface area contributed by atoms with E-state index in [1.807, 2.05) is 18.2 Å². The van der Waals surface area contributed by atoms with Gasteiger partial charge < -0.3 is 14.4 Å². The van der Waals surface area contributed by atoms with E-state index in [4.69, 9.17) is 9.47 Å². The van der Waals surface area contributed by atoms with Crippen LogP contribution in [0.15, 0.2) is 87.7 Å². The second-order valence-electron chi connectivity index (χ2n) is 10.4. The van der Waals surface area contributed by atoms with E-state index in [-0.39, 0.29) is 11.9 Å². The minimum Gasteiger partial charge on any atom is -0.463 e. The summed E-state index contributed by atoms with van der Waals surface area (Å²) in [6, 6.07) is 16.9. The van der Waals surface area contributed by atoms with Gasteiger partial charge in [0.1, 0.15) is 9.83 Å². The molecule has 242 valence electrons. The van der Waals surface area contributed by atoms with Gasteiger partial charge in [-0.05, 0) is 81.3 Å². The molecule has 0 aliphatic heterocycles. The van der Waals surface area contributed by atoms with Crippen molar-refractivity contribution >= 4 is 71.3 Å². The summed E-state index contributed by atoms with van der Waals surface area (Å²) in [4.78, 5) is 31.1. The standard InChI is InChI=1S/C34H40N6O4S2/c1-4-31(41)43-22-12-10-8-7-9-11-13-23-44-33(42)25-14-16-26(17-15-25)36-38-30-24-29-32(46-30)35-34(45-29)39-37-27-18-20-28(21-19-27)40(5-2)6-3/h4,14-21,24H,1,5-13,22-23H2,2-3H3. The van der Waals surface area contributed by atoms with Crippen molar-refractivity contribution in [1.29, 1.82) is 0 Å². The fourth-order valence-corrected chi connectivity index (χ4v) is 6.41. The Morgan fingerprint density at radius 3 is 1.98 bits per heavy atom. The van der Waals surface area contributed by atoms with Gasteiger partial charge in [0.2, 0.25) is 5.13 Å². The molecule has 0 bridgehead atoms. The lowest BCUT2D eigenvalue weighted by Gasteiger charge is -2.20. The molecule has 0 spiro atoms. The van der Waals surface area contributed by atoms with Crippen molar-refractivity contribution in [3.63, 3.8) is 0 Å². The van der Waals surface area contributed by atoms with Crippen LogP contribution in [0.2, 0.25) is 0 Å². The average molecular weight is 661 g/mol. The lowest BCUT2D eigenvalue weighted by molar-refractivity contribution is -0.137. The summed E-state index contributed by atoms with van der Waals surface area (Å²) in [5.74, 6) is -0.710. The number of unbranched alkanes of at least 4 members (excludes halogenated alkanes) is 6. The number of hydrogen-bond donors (Lipinski definition) is 0. The Morgan fingerprint density at radius 1 is 0.783 bits per heavy atom. The Hall–Kier alpha value is -4.29. The SMILES string of the molecule is C=CC(=O)OCCCCCCCCCOC(=O)c1ccc(N=Nc2cc3sc(N=Nc4ccc(N(CC)CC)cc4)nc3s2)cc1. The molecule has 0 N–H and O–H groups in total. The summed E-state index contributed by atoms with van der Waals surface area (Å²) in [5, 5.41) is 18.7. The number of hydrogen-bond acceptors (Lipinski definition) is 12. The Kier molecular flexibility index (Phi) is 14.0. The highest BCUT2D eigenvalue weighted by atomic mass is 32.1. The maximum atomic E-state index is 12.4. The minimum atomic E-state index is -0.369. The third-order valence-electron chi connectivity index (χ3n) is 7.09. The monoisotopic (exact) mass is 660 g/mol. The molecule has 4 rings (SSSR count). The molecular weight excluding hydrogens is 621 g/mol. The number of anilines is 1. The van der Waals surface area contributed by atoms with Gasteiger partial charge in [-0.2, -0.15) is 0 Å². The van der Waals surface area contributed by atoms with E-state index in [0.29, 0.717) is 29.6 Å². The van der Waals surface area contributed by atoms with Crippen LogP contribution in [0, 0.1) is 0 Å². The zero-order chi connectivity index (χ0) is 32.6. The molecule has 0 amide bonds. The van der Waals surface area contributed by atoms with E-state index in [2.05, 4.69) is 62.9 Å². The van der Waals surface area contributed by atoms with Crippen molar-refractivity contribution in [2.24, 2.45) is 20.5 Å². The topological polar surface area (TPSA) is 118 Å². The Labute approximate surface area is 277 Å². The second kappa shape index (κ2) is 18.6. The molecule has 10 nitrogen and oxygen atoms in total. The zero-order valence-corrected chi connectivity index (χ0v) is 28.0. The van der Waals surface area contributed by atoms with E-state index in [0.717, 1.165) is 78.3 Å². The molecule has 0 fully saturated rings. The number of ether oxygens (including phenoxy) is 2. The van der Waals surface area contributed by atoms with E-state index < -0.39 is 0 Å². The number of aromatic nitrogens is 1. The van der Waals surface area contributed by atoms with Gasteiger partial charge in [0.05, 0.1) is 34.9 Å². The molecule has 2 aromatic carbocycles. The van der Waals surface area contributed by atoms with Gasteiger partial charge >= 0.3 is 11.9 Å². The number of benzene rings is 2. The molecule has 46 heavy (non-hydrogen) atoms. The lowest BCUT2D eigenvalue weighted by Crippen LogP contribution is -2.21. The number of fused-ring (bicyclic) bond motifs is 1. The highest BCUT2D eigenvalue weighted by Crippen LogP contribution is 2.39. The van der Waals surface area contributed by atoms with Crippen molar-refractivity contribution in [3.8, 4) is 0 Å². The largest absolute Gasteiger partial charge is 0.463 e. The number of esters is 2. The van der Waals surface area contributed by atoms with E-state index in [1.165, 1.54) is 34.4 Å². The third kappa shape index (κ3) is 11.0. The molecule has 0 radical (unpaired) electrons. The van der Waals surface area contributed by atoms with Crippen LogP contribution in [-0.4, -0.2) is 43.2 Å². The summed E-state index contributed by atoms with van der Waals surface area (Å²) < 4.78 is 11.4. The molecule has 2 aromatic heterocycles. The van der Waals surface area contributed by atoms with Crippen molar-refractivity contribution in [2.75, 3.05) is 31.2 Å². The molecule has 0 aliphatic rings. The highest BCUT2D eigenvalue weighted by Gasteiger charge is 2.10. The van der Waals surface area contributed by atoms with Crippen LogP contribution in [0.25, 0.3) is 9.53 Å². The molecule has 4 aromatic rings. The first-order chi connectivity index (χ1) is 22.5. The summed E-state index contributed by atoms with van der Waals surface area (Å²) in [7, 11) is 0. The number of thiophene rings is 1. The van der Waals surface area contributed by atoms with Crippen LogP contribution in [0.1, 0.15) is 69.2 Å². The molecule has 0 saturated heterocycles. The number of carbonyl (C=O) groups excluding carboxylic acids is 2. The number of carbonyl (C=O) groups is 2. The summed E-state index contributed by atoms with van der Waals surface area (Å²) in [5.41, 5.74) is 3.08. The van der Waals surface area contributed by atoms with Crippen molar-refractivity contribution in [2.45, 2.75) is 58.8 Å². The van der Waals surface area contributed by atoms with Gasteiger partial charge in [0, 0.05) is 24.9 Å². The quantitative estimate of drug-likeness (QED) is 0.0427. The average Bonchev–Trinajstić information content (AvgIpc) is 3.65. The predicted octanol–water partition coefficient (Wildman–Crippen LogP) is 10.7. The van der Waals surface area contributed by atoms with E-state index >= 15 is 0 Å². The minimum absolute atomic E-state index is 0.341. The van der Waals surface area contributed by atoms with Crippen LogP contribution < -0.4 is 4.90 Å². The summed E-state index contributed by atoms with van der Waals surface area (Å²) >= 11 is 2.89. The predicted molar refractivity (Wildman–Crippen MR) is 186 cm³/mol.